The van der Waals surface area contributed by atoms with Gasteiger partial charge in [-0.05, 0) is 37.6 Å². The summed E-state index contributed by atoms with van der Waals surface area (Å²) >= 11 is 0. The number of amides is 1. The second-order valence-electron chi connectivity index (χ2n) is 4.34. The number of carbonyl (C=O) groups excluding carboxylic acids is 1. The van der Waals surface area contributed by atoms with Crippen LogP contribution in [0.2, 0.25) is 0 Å². The van der Waals surface area contributed by atoms with Crippen molar-refractivity contribution in [2.24, 2.45) is 5.73 Å². The number of hydrogen-bond acceptors (Lipinski definition) is 4. The molecule has 2 aromatic rings. The lowest BCUT2D eigenvalue weighted by Crippen LogP contribution is -2.15. The van der Waals surface area contributed by atoms with E-state index in [0.717, 1.165) is 11.3 Å². The van der Waals surface area contributed by atoms with Gasteiger partial charge in [0.25, 0.3) is 5.91 Å². The molecule has 1 aromatic heterocycles. The van der Waals surface area contributed by atoms with E-state index in [1.165, 1.54) is 0 Å². The molecule has 5 heteroatoms. The molecular formula is C14H16N4O. The van der Waals surface area contributed by atoms with Gasteiger partial charge in [-0.3, -0.25) is 4.79 Å². The molecule has 3 N–H and O–H groups in total. The molecule has 0 radical (unpaired) electrons. The van der Waals surface area contributed by atoms with Gasteiger partial charge in [0.2, 0.25) is 0 Å². The van der Waals surface area contributed by atoms with Gasteiger partial charge in [0.1, 0.15) is 0 Å². The SMILES string of the molecule is Cc1cc(C(=O)Nc2ccc(CN)cc2)c(C)nn1. The Balaban J connectivity index is 2.18. The van der Waals surface area contributed by atoms with Gasteiger partial charge < -0.3 is 11.1 Å². The highest BCUT2D eigenvalue weighted by Crippen LogP contribution is 2.12. The van der Waals surface area contributed by atoms with Crippen LogP contribution in [-0.4, -0.2) is 16.1 Å². The summed E-state index contributed by atoms with van der Waals surface area (Å²) in [5.41, 5.74) is 9.15. The van der Waals surface area contributed by atoms with E-state index in [-0.39, 0.29) is 5.91 Å². The molecule has 0 spiro atoms. The Morgan fingerprint density at radius 2 is 1.89 bits per heavy atom. The third-order valence-electron chi connectivity index (χ3n) is 2.79. The van der Waals surface area contributed by atoms with Crippen molar-refractivity contribution in [3.8, 4) is 0 Å². The van der Waals surface area contributed by atoms with Gasteiger partial charge >= 0.3 is 0 Å². The number of benzene rings is 1. The van der Waals surface area contributed by atoms with Crippen LogP contribution in [0.1, 0.15) is 27.3 Å². The fraction of sp³-hybridized carbons (Fsp3) is 0.214. The molecular weight excluding hydrogens is 240 g/mol. The Hall–Kier alpha value is -2.27. The molecule has 0 aliphatic rings. The first kappa shape index (κ1) is 13.2. The van der Waals surface area contributed by atoms with Crippen molar-refractivity contribution in [2.45, 2.75) is 20.4 Å². The lowest BCUT2D eigenvalue weighted by Gasteiger charge is -2.08. The van der Waals surface area contributed by atoms with E-state index in [9.17, 15) is 4.79 Å². The Bertz CT molecular complexity index is 593. The number of rotatable bonds is 3. The molecule has 0 aliphatic heterocycles. The number of nitrogens with zero attached hydrogens (tertiary/aromatic N) is 2. The normalized spacial score (nSPS) is 10.3. The van der Waals surface area contributed by atoms with Crippen molar-refractivity contribution < 1.29 is 4.79 Å². The van der Waals surface area contributed by atoms with Gasteiger partial charge in [0, 0.05) is 12.2 Å². The molecule has 0 saturated carbocycles. The summed E-state index contributed by atoms with van der Waals surface area (Å²) in [5.74, 6) is -0.184. The van der Waals surface area contributed by atoms with E-state index >= 15 is 0 Å². The average molecular weight is 256 g/mol. The standard InChI is InChI=1S/C14H16N4O/c1-9-7-13(10(2)18-17-9)14(19)16-12-5-3-11(8-15)4-6-12/h3-7H,8,15H2,1-2H3,(H,16,19). The first-order valence-corrected chi connectivity index (χ1v) is 6.01. The van der Waals surface area contributed by atoms with Gasteiger partial charge in [-0.25, -0.2) is 0 Å². The van der Waals surface area contributed by atoms with Gasteiger partial charge in [-0.2, -0.15) is 10.2 Å². The minimum Gasteiger partial charge on any atom is -0.326 e. The number of nitrogens with two attached hydrogens (primary N) is 1. The predicted molar refractivity (Wildman–Crippen MR) is 73.8 cm³/mol. The third kappa shape index (κ3) is 3.14. The van der Waals surface area contributed by atoms with E-state index in [0.29, 0.717) is 23.5 Å². The molecule has 1 heterocycles. The highest BCUT2D eigenvalue weighted by molar-refractivity contribution is 6.04. The summed E-state index contributed by atoms with van der Waals surface area (Å²) in [5, 5.41) is 10.7. The summed E-state index contributed by atoms with van der Waals surface area (Å²) in [4.78, 5) is 12.1. The summed E-state index contributed by atoms with van der Waals surface area (Å²) in [6.45, 7) is 4.05. The van der Waals surface area contributed by atoms with Crippen molar-refractivity contribution in [1.29, 1.82) is 0 Å². The van der Waals surface area contributed by atoms with E-state index in [1.807, 2.05) is 24.3 Å². The first-order chi connectivity index (χ1) is 9.10. The van der Waals surface area contributed by atoms with Gasteiger partial charge in [0.05, 0.1) is 17.0 Å². The Morgan fingerprint density at radius 1 is 1.21 bits per heavy atom. The molecule has 1 aromatic carbocycles. The van der Waals surface area contributed by atoms with Gasteiger partial charge in [-0.15, -0.1) is 0 Å². The number of hydrogen-bond donors (Lipinski definition) is 2. The third-order valence-corrected chi connectivity index (χ3v) is 2.79. The van der Waals surface area contributed by atoms with Crippen LogP contribution < -0.4 is 11.1 Å². The van der Waals surface area contributed by atoms with E-state index in [4.69, 9.17) is 5.73 Å². The van der Waals surface area contributed by atoms with Crippen LogP contribution in [0.25, 0.3) is 0 Å². The molecule has 0 fully saturated rings. The zero-order valence-electron chi connectivity index (χ0n) is 11.0. The monoisotopic (exact) mass is 256 g/mol. The molecule has 2 rings (SSSR count). The van der Waals surface area contributed by atoms with Gasteiger partial charge in [-0.1, -0.05) is 12.1 Å². The number of anilines is 1. The summed E-state index contributed by atoms with van der Waals surface area (Å²) in [7, 11) is 0. The topological polar surface area (TPSA) is 80.9 Å². The van der Waals surface area contributed by atoms with Crippen molar-refractivity contribution in [2.75, 3.05) is 5.32 Å². The van der Waals surface area contributed by atoms with Crippen LogP contribution in [-0.2, 0) is 6.54 Å². The summed E-state index contributed by atoms with van der Waals surface area (Å²) in [6.07, 6.45) is 0. The molecule has 98 valence electrons. The fourth-order valence-electron chi connectivity index (χ4n) is 1.70. The second-order valence-corrected chi connectivity index (χ2v) is 4.34. The molecule has 5 nitrogen and oxygen atoms in total. The molecule has 1 amide bonds. The predicted octanol–water partition coefficient (Wildman–Crippen LogP) is 1.80. The van der Waals surface area contributed by atoms with E-state index in [2.05, 4.69) is 15.5 Å². The minimum absolute atomic E-state index is 0.184. The number of aromatic nitrogens is 2. The van der Waals surface area contributed by atoms with E-state index < -0.39 is 0 Å². The van der Waals surface area contributed by atoms with Crippen LogP contribution in [0.15, 0.2) is 30.3 Å². The molecule has 0 saturated heterocycles. The van der Waals surface area contributed by atoms with Crippen molar-refractivity contribution >= 4 is 11.6 Å². The highest BCUT2D eigenvalue weighted by atomic mass is 16.1. The Labute approximate surface area is 111 Å². The largest absolute Gasteiger partial charge is 0.326 e. The fourth-order valence-corrected chi connectivity index (χ4v) is 1.70. The maximum absolute atomic E-state index is 12.1. The van der Waals surface area contributed by atoms with Crippen molar-refractivity contribution in [1.82, 2.24) is 10.2 Å². The molecule has 0 bridgehead atoms. The number of carbonyl (C=O) groups is 1. The zero-order valence-corrected chi connectivity index (χ0v) is 11.0. The maximum Gasteiger partial charge on any atom is 0.257 e. The highest BCUT2D eigenvalue weighted by Gasteiger charge is 2.11. The summed E-state index contributed by atoms with van der Waals surface area (Å²) < 4.78 is 0. The van der Waals surface area contributed by atoms with E-state index in [1.54, 1.807) is 19.9 Å². The lowest BCUT2D eigenvalue weighted by molar-refractivity contribution is 0.102. The van der Waals surface area contributed by atoms with Crippen LogP contribution in [0, 0.1) is 13.8 Å². The number of nitrogens with one attached hydrogen (secondary N) is 1. The molecule has 0 aliphatic carbocycles. The van der Waals surface area contributed by atoms with Crippen molar-refractivity contribution in [3.05, 3.63) is 52.8 Å². The Kier molecular flexibility index (Phi) is 3.87. The van der Waals surface area contributed by atoms with Gasteiger partial charge in [0.15, 0.2) is 0 Å². The van der Waals surface area contributed by atoms with Crippen LogP contribution in [0.3, 0.4) is 0 Å². The second kappa shape index (κ2) is 5.58. The molecule has 0 atom stereocenters. The lowest BCUT2D eigenvalue weighted by atomic mass is 10.1. The van der Waals surface area contributed by atoms with Crippen LogP contribution in [0.5, 0.6) is 0 Å². The number of aryl methyl sites for hydroxylation is 2. The smallest absolute Gasteiger partial charge is 0.257 e. The molecule has 19 heavy (non-hydrogen) atoms. The van der Waals surface area contributed by atoms with Crippen LogP contribution >= 0.6 is 0 Å². The van der Waals surface area contributed by atoms with Crippen LogP contribution in [0.4, 0.5) is 5.69 Å². The zero-order chi connectivity index (χ0) is 13.8. The van der Waals surface area contributed by atoms with Crippen molar-refractivity contribution in [3.63, 3.8) is 0 Å². The maximum atomic E-state index is 12.1. The summed E-state index contributed by atoms with van der Waals surface area (Å²) in [6, 6.07) is 9.16. The minimum atomic E-state index is -0.184. The average Bonchev–Trinajstić information content (AvgIpc) is 2.42. The quantitative estimate of drug-likeness (QED) is 0.877. The Morgan fingerprint density at radius 3 is 2.53 bits per heavy atom. The molecule has 0 unspecified atom stereocenters. The first-order valence-electron chi connectivity index (χ1n) is 6.01.